The third-order valence-corrected chi connectivity index (χ3v) is 4.78. The van der Waals surface area contributed by atoms with Gasteiger partial charge < -0.3 is 14.9 Å². The lowest BCUT2D eigenvalue weighted by atomic mass is 10.1. The zero-order valence-electron chi connectivity index (χ0n) is 20.3. The maximum absolute atomic E-state index is 11.8. The molecule has 4 rings (SSSR count). The van der Waals surface area contributed by atoms with Crippen LogP contribution in [-0.4, -0.2) is 34.7 Å². The molecule has 2 N–H and O–H groups in total. The van der Waals surface area contributed by atoms with E-state index in [-0.39, 0.29) is 13.0 Å². The van der Waals surface area contributed by atoms with Gasteiger partial charge in [-0.25, -0.2) is 9.59 Å². The number of aromatic carboxylic acids is 1. The first-order chi connectivity index (χ1) is 17.7. The van der Waals surface area contributed by atoms with E-state index in [1.807, 2.05) is 38.1 Å². The van der Waals surface area contributed by atoms with Gasteiger partial charge in [-0.2, -0.15) is 0 Å². The predicted molar refractivity (Wildman–Crippen MR) is 146 cm³/mol. The minimum absolute atomic E-state index is 0. The molecular weight excluding hydrogens is 484 g/mol. The van der Waals surface area contributed by atoms with Gasteiger partial charge >= 0.3 is 11.9 Å². The monoisotopic (exact) mass is 514 g/mol. The highest BCUT2D eigenvalue weighted by Crippen LogP contribution is 2.15. The molecule has 0 atom stereocenters. The SMILES string of the molecule is C.Cc1cccc(O)c1.Cc1cccc(OC(=O)c2ccc(C=O)cc2)c1.O=Cc1ccc(C(=O)O)cc1. The quantitative estimate of drug-likeness (QED) is 0.176. The molecule has 0 aromatic heterocycles. The third-order valence-electron chi connectivity index (χ3n) is 4.78. The summed E-state index contributed by atoms with van der Waals surface area (Å²) < 4.78 is 5.23. The van der Waals surface area contributed by atoms with E-state index in [0.29, 0.717) is 34.5 Å². The van der Waals surface area contributed by atoms with E-state index < -0.39 is 11.9 Å². The lowest BCUT2D eigenvalue weighted by Gasteiger charge is -2.05. The molecule has 4 aromatic rings. The van der Waals surface area contributed by atoms with Gasteiger partial charge in [0.1, 0.15) is 24.1 Å². The Morgan fingerprint density at radius 3 is 1.55 bits per heavy atom. The molecule has 4 aromatic carbocycles. The molecule has 0 bridgehead atoms. The van der Waals surface area contributed by atoms with Crippen LogP contribution in [0.4, 0.5) is 0 Å². The number of hydrogen-bond donors (Lipinski definition) is 2. The van der Waals surface area contributed by atoms with Crippen LogP contribution in [0.2, 0.25) is 0 Å². The first kappa shape index (κ1) is 31.0. The van der Waals surface area contributed by atoms with Crippen molar-refractivity contribution < 1.29 is 34.1 Å². The first-order valence-corrected chi connectivity index (χ1v) is 11.1. The molecule has 0 saturated carbocycles. The number of aromatic hydroxyl groups is 1. The summed E-state index contributed by atoms with van der Waals surface area (Å²) in [5, 5.41) is 17.3. The van der Waals surface area contributed by atoms with Crippen LogP contribution in [0.25, 0.3) is 0 Å². The van der Waals surface area contributed by atoms with Crippen molar-refractivity contribution in [1.82, 2.24) is 0 Å². The van der Waals surface area contributed by atoms with E-state index >= 15 is 0 Å². The first-order valence-electron chi connectivity index (χ1n) is 11.1. The number of ether oxygens (including phenoxy) is 1. The number of carboxylic acid groups (broad SMARTS) is 1. The minimum atomic E-state index is -0.984. The molecule has 0 aliphatic rings. The number of carbonyl (C=O) groups excluding carboxylic acids is 3. The number of aryl methyl sites for hydroxylation is 2. The van der Waals surface area contributed by atoms with Crippen LogP contribution in [0, 0.1) is 13.8 Å². The van der Waals surface area contributed by atoms with Gasteiger partial charge in [-0.15, -0.1) is 0 Å². The second kappa shape index (κ2) is 15.9. The summed E-state index contributed by atoms with van der Waals surface area (Å²) in [4.78, 5) is 42.8. The smallest absolute Gasteiger partial charge is 0.343 e. The van der Waals surface area contributed by atoms with Crippen molar-refractivity contribution in [3.63, 3.8) is 0 Å². The Kier molecular flexibility index (Phi) is 12.9. The molecule has 7 nitrogen and oxygen atoms in total. The zero-order valence-corrected chi connectivity index (χ0v) is 20.3. The van der Waals surface area contributed by atoms with Crippen LogP contribution in [0.5, 0.6) is 11.5 Å². The van der Waals surface area contributed by atoms with Gasteiger partial charge in [0.05, 0.1) is 11.1 Å². The van der Waals surface area contributed by atoms with E-state index in [0.717, 1.165) is 17.4 Å². The maximum atomic E-state index is 11.8. The molecule has 7 heteroatoms. The van der Waals surface area contributed by atoms with Crippen molar-refractivity contribution in [1.29, 1.82) is 0 Å². The number of phenols is 1. The molecule has 0 spiro atoms. The van der Waals surface area contributed by atoms with E-state index in [9.17, 15) is 19.2 Å². The Morgan fingerprint density at radius 2 is 1.16 bits per heavy atom. The fourth-order valence-corrected chi connectivity index (χ4v) is 2.87. The van der Waals surface area contributed by atoms with Crippen molar-refractivity contribution in [3.05, 3.63) is 130 Å². The van der Waals surface area contributed by atoms with Crippen molar-refractivity contribution in [3.8, 4) is 11.5 Å². The highest BCUT2D eigenvalue weighted by Gasteiger charge is 2.08. The minimum Gasteiger partial charge on any atom is -0.508 e. The van der Waals surface area contributed by atoms with Crippen LogP contribution >= 0.6 is 0 Å². The number of rotatable bonds is 5. The highest BCUT2D eigenvalue weighted by atomic mass is 16.5. The summed E-state index contributed by atoms with van der Waals surface area (Å²) >= 11 is 0. The lowest BCUT2D eigenvalue weighted by Crippen LogP contribution is -2.08. The molecule has 38 heavy (non-hydrogen) atoms. The Morgan fingerprint density at radius 1 is 0.684 bits per heavy atom. The van der Waals surface area contributed by atoms with Crippen LogP contribution in [0.15, 0.2) is 97.1 Å². The molecule has 0 amide bonds. The summed E-state index contributed by atoms with van der Waals surface area (Å²) in [5.41, 5.74) is 3.73. The number of phenolic OH excluding ortho intramolecular Hbond substituents is 1. The van der Waals surface area contributed by atoms with Crippen LogP contribution < -0.4 is 4.74 Å². The second-order valence-electron chi connectivity index (χ2n) is 7.83. The molecule has 0 unspecified atom stereocenters. The van der Waals surface area contributed by atoms with Gasteiger partial charge in [-0.05, 0) is 73.5 Å². The zero-order chi connectivity index (χ0) is 27.2. The standard InChI is InChI=1S/C15H12O3.C8H6O3.C7H8O.CH4/c1-11-3-2-4-14(9-11)18-15(17)13-7-5-12(10-16)6-8-13;9-5-6-1-3-7(4-2-6)8(10)11;1-6-3-2-4-7(8)5-6;/h2-10H,1H3;1-5H,(H,10,11);2-5,8H,1H3;1H4. The Labute approximate surface area is 222 Å². The predicted octanol–water partition coefficient (Wildman–Crippen LogP) is 6.56. The van der Waals surface area contributed by atoms with Gasteiger partial charge in [0.25, 0.3) is 0 Å². The summed E-state index contributed by atoms with van der Waals surface area (Å²) in [6, 6.07) is 26.5. The Hall–Kier alpha value is -5.04. The average Bonchev–Trinajstić information content (AvgIpc) is 2.89. The lowest BCUT2D eigenvalue weighted by molar-refractivity contribution is 0.0694. The van der Waals surface area contributed by atoms with E-state index in [1.54, 1.807) is 48.5 Å². The van der Waals surface area contributed by atoms with E-state index in [2.05, 4.69) is 0 Å². The van der Waals surface area contributed by atoms with Gasteiger partial charge in [0, 0.05) is 11.1 Å². The fourth-order valence-electron chi connectivity index (χ4n) is 2.87. The topological polar surface area (TPSA) is 118 Å². The Bertz CT molecular complexity index is 1320. The van der Waals surface area contributed by atoms with Crippen molar-refractivity contribution in [2.24, 2.45) is 0 Å². The number of benzene rings is 4. The average molecular weight is 515 g/mol. The highest BCUT2D eigenvalue weighted by molar-refractivity contribution is 5.92. The second-order valence-corrected chi connectivity index (χ2v) is 7.83. The maximum Gasteiger partial charge on any atom is 0.343 e. The largest absolute Gasteiger partial charge is 0.508 e. The van der Waals surface area contributed by atoms with Crippen molar-refractivity contribution in [2.45, 2.75) is 21.3 Å². The van der Waals surface area contributed by atoms with Gasteiger partial charge in [0.2, 0.25) is 0 Å². The summed E-state index contributed by atoms with van der Waals surface area (Å²) in [5.74, 6) is -0.565. The Balaban J connectivity index is 0.000000309. The van der Waals surface area contributed by atoms with Crippen molar-refractivity contribution >= 4 is 24.5 Å². The van der Waals surface area contributed by atoms with Crippen LogP contribution in [0.3, 0.4) is 0 Å². The number of hydrogen-bond acceptors (Lipinski definition) is 6. The van der Waals surface area contributed by atoms with Gasteiger partial charge in [-0.1, -0.05) is 56.0 Å². The summed E-state index contributed by atoms with van der Waals surface area (Å²) in [6.45, 7) is 3.87. The number of aldehydes is 2. The summed E-state index contributed by atoms with van der Waals surface area (Å²) in [6.07, 6.45) is 1.40. The third kappa shape index (κ3) is 10.7. The van der Waals surface area contributed by atoms with E-state index in [4.69, 9.17) is 14.9 Å². The number of carboxylic acids is 1. The molecular formula is C31H30O7. The molecule has 0 radical (unpaired) electrons. The normalized spacial score (nSPS) is 9.21. The molecule has 0 heterocycles. The molecule has 196 valence electrons. The van der Waals surface area contributed by atoms with Gasteiger partial charge in [0.15, 0.2) is 0 Å². The number of esters is 1. The van der Waals surface area contributed by atoms with Crippen LogP contribution in [-0.2, 0) is 0 Å². The molecule has 0 saturated heterocycles. The molecule has 0 fully saturated rings. The summed E-state index contributed by atoms with van der Waals surface area (Å²) in [7, 11) is 0. The van der Waals surface area contributed by atoms with Crippen LogP contribution in [0.1, 0.15) is 60.0 Å². The molecule has 0 aliphatic heterocycles. The number of carbonyl (C=O) groups is 4. The molecule has 0 aliphatic carbocycles. The van der Waals surface area contributed by atoms with Crippen molar-refractivity contribution in [2.75, 3.05) is 0 Å². The van der Waals surface area contributed by atoms with E-state index in [1.165, 1.54) is 24.3 Å². The van der Waals surface area contributed by atoms with Gasteiger partial charge in [-0.3, -0.25) is 9.59 Å². The fraction of sp³-hybridized carbons (Fsp3) is 0.0968.